The molecule has 1 fully saturated rings. The average Bonchev–Trinajstić information content (AvgIpc) is 2.26. The molecule has 0 aliphatic heterocycles. The molecule has 1 aliphatic rings. The lowest BCUT2D eigenvalue weighted by Crippen LogP contribution is -2.30. The van der Waals surface area contributed by atoms with E-state index in [2.05, 4.69) is 19.2 Å². The van der Waals surface area contributed by atoms with Gasteiger partial charge in [0.05, 0.1) is 11.4 Å². The first kappa shape index (κ1) is 12.6. The van der Waals surface area contributed by atoms with Gasteiger partial charge in [0.2, 0.25) is 0 Å². The van der Waals surface area contributed by atoms with Gasteiger partial charge in [0, 0.05) is 11.1 Å². The van der Waals surface area contributed by atoms with Gasteiger partial charge in [-0.05, 0) is 49.3 Å². The predicted octanol–water partition coefficient (Wildman–Crippen LogP) is 4.30. The van der Waals surface area contributed by atoms with Crippen LogP contribution in [0.3, 0.4) is 0 Å². The minimum Gasteiger partial charge on any atom is -0.397 e. The second-order valence-corrected chi connectivity index (χ2v) is 6.25. The van der Waals surface area contributed by atoms with E-state index < -0.39 is 0 Å². The zero-order valence-corrected chi connectivity index (χ0v) is 11.3. The van der Waals surface area contributed by atoms with Crippen LogP contribution in [0.4, 0.5) is 11.4 Å². The second-order valence-electron chi connectivity index (χ2n) is 5.81. The van der Waals surface area contributed by atoms with Gasteiger partial charge in [-0.2, -0.15) is 0 Å². The number of halogens is 1. The zero-order chi connectivity index (χ0) is 12.5. The first-order valence-electron chi connectivity index (χ1n) is 6.28. The fourth-order valence-electron chi connectivity index (χ4n) is 2.42. The van der Waals surface area contributed by atoms with Crippen LogP contribution in [-0.2, 0) is 0 Å². The monoisotopic (exact) mass is 252 g/mol. The van der Waals surface area contributed by atoms with Crippen LogP contribution >= 0.6 is 11.6 Å². The van der Waals surface area contributed by atoms with E-state index in [9.17, 15) is 0 Å². The van der Waals surface area contributed by atoms with E-state index in [4.69, 9.17) is 17.3 Å². The topological polar surface area (TPSA) is 38.0 Å². The fraction of sp³-hybridized carbons (Fsp3) is 0.571. The van der Waals surface area contributed by atoms with Gasteiger partial charge >= 0.3 is 0 Å². The number of hydrogen-bond acceptors (Lipinski definition) is 2. The number of hydrogen-bond donors (Lipinski definition) is 2. The molecule has 0 amide bonds. The predicted molar refractivity (Wildman–Crippen MR) is 75.5 cm³/mol. The smallest absolute Gasteiger partial charge is 0.0590 e. The first-order chi connectivity index (χ1) is 7.96. The lowest BCUT2D eigenvalue weighted by molar-refractivity contribution is 0.232. The standard InChI is InChI=1S/C14H21ClN2/c1-14(2)7-5-11(6-8-14)17-13-9-10(15)3-4-12(13)16/h3-4,9,11,17H,5-8,16H2,1-2H3. The quantitative estimate of drug-likeness (QED) is 0.770. The number of rotatable bonds is 2. The van der Waals surface area contributed by atoms with Gasteiger partial charge in [-0.25, -0.2) is 0 Å². The van der Waals surface area contributed by atoms with Crippen molar-refractivity contribution in [2.24, 2.45) is 5.41 Å². The summed E-state index contributed by atoms with van der Waals surface area (Å²) in [5, 5.41) is 4.25. The van der Waals surface area contributed by atoms with Gasteiger partial charge in [-0.3, -0.25) is 0 Å². The molecule has 1 aliphatic carbocycles. The Hall–Kier alpha value is -0.890. The molecular formula is C14H21ClN2. The van der Waals surface area contributed by atoms with E-state index in [1.807, 2.05) is 18.2 Å². The van der Waals surface area contributed by atoms with E-state index in [0.29, 0.717) is 11.5 Å². The summed E-state index contributed by atoms with van der Waals surface area (Å²) in [4.78, 5) is 0. The van der Waals surface area contributed by atoms with E-state index in [-0.39, 0.29) is 0 Å². The van der Waals surface area contributed by atoms with Gasteiger partial charge in [0.1, 0.15) is 0 Å². The summed E-state index contributed by atoms with van der Waals surface area (Å²) in [6.07, 6.45) is 4.95. The van der Waals surface area contributed by atoms with E-state index in [1.165, 1.54) is 25.7 Å². The fourth-order valence-corrected chi connectivity index (χ4v) is 2.59. The third-order valence-corrected chi connectivity index (χ3v) is 3.95. The van der Waals surface area contributed by atoms with Crippen LogP contribution in [0.2, 0.25) is 5.02 Å². The highest BCUT2D eigenvalue weighted by Gasteiger charge is 2.26. The van der Waals surface area contributed by atoms with Crippen LogP contribution in [-0.4, -0.2) is 6.04 Å². The zero-order valence-electron chi connectivity index (χ0n) is 10.6. The molecule has 0 bridgehead atoms. The Balaban J connectivity index is 2.00. The van der Waals surface area contributed by atoms with E-state index >= 15 is 0 Å². The summed E-state index contributed by atoms with van der Waals surface area (Å²) < 4.78 is 0. The molecule has 1 aromatic rings. The van der Waals surface area contributed by atoms with Crippen molar-refractivity contribution in [1.29, 1.82) is 0 Å². The maximum atomic E-state index is 5.98. The highest BCUT2D eigenvalue weighted by Crippen LogP contribution is 2.36. The highest BCUT2D eigenvalue weighted by atomic mass is 35.5. The lowest BCUT2D eigenvalue weighted by atomic mass is 9.75. The third-order valence-electron chi connectivity index (χ3n) is 3.71. The molecule has 2 rings (SSSR count). The number of benzene rings is 1. The van der Waals surface area contributed by atoms with Crippen LogP contribution in [0.1, 0.15) is 39.5 Å². The molecular weight excluding hydrogens is 232 g/mol. The molecule has 1 saturated carbocycles. The maximum Gasteiger partial charge on any atom is 0.0590 e. The maximum absolute atomic E-state index is 5.98. The largest absolute Gasteiger partial charge is 0.397 e. The van der Waals surface area contributed by atoms with Gasteiger partial charge in [-0.1, -0.05) is 25.4 Å². The molecule has 3 heteroatoms. The normalized spacial score (nSPS) is 20.2. The molecule has 0 radical (unpaired) electrons. The molecule has 17 heavy (non-hydrogen) atoms. The SMILES string of the molecule is CC1(C)CCC(Nc2cc(Cl)ccc2N)CC1. The van der Waals surface area contributed by atoms with Crippen molar-refractivity contribution in [1.82, 2.24) is 0 Å². The van der Waals surface area contributed by atoms with Gasteiger partial charge in [0.25, 0.3) is 0 Å². The summed E-state index contributed by atoms with van der Waals surface area (Å²) in [7, 11) is 0. The molecule has 0 heterocycles. The van der Waals surface area contributed by atoms with Crippen LogP contribution in [0.5, 0.6) is 0 Å². The molecule has 0 spiro atoms. The van der Waals surface area contributed by atoms with Crippen molar-refractivity contribution >= 4 is 23.0 Å². The second kappa shape index (κ2) is 4.77. The van der Waals surface area contributed by atoms with Crippen LogP contribution in [0, 0.1) is 5.41 Å². The highest BCUT2D eigenvalue weighted by molar-refractivity contribution is 6.31. The van der Waals surface area contributed by atoms with Crippen molar-refractivity contribution in [2.75, 3.05) is 11.1 Å². The van der Waals surface area contributed by atoms with Crippen LogP contribution in [0.25, 0.3) is 0 Å². The number of nitrogens with two attached hydrogens (primary N) is 1. The molecule has 0 aromatic heterocycles. The number of nitrogen functional groups attached to an aromatic ring is 1. The number of anilines is 2. The van der Waals surface area contributed by atoms with Crippen molar-refractivity contribution in [3.05, 3.63) is 23.2 Å². The minimum absolute atomic E-state index is 0.498. The van der Waals surface area contributed by atoms with Crippen molar-refractivity contribution in [2.45, 2.75) is 45.6 Å². The average molecular weight is 253 g/mol. The molecule has 2 nitrogen and oxygen atoms in total. The Labute approximate surface area is 109 Å². The summed E-state index contributed by atoms with van der Waals surface area (Å²) in [5.74, 6) is 0. The molecule has 0 unspecified atom stereocenters. The Kier molecular flexibility index (Phi) is 3.53. The van der Waals surface area contributed by atoms with Crippen molar-refractivity contribution < 1.29 is 0 Å². The van der Waals surface area contributed by atoms with Gasteiger partial charge in [0.15, 0.2) is 0 Å². The van der Waals surface area contributed by atoms with Crippen molar-refractivity contribution in [3.63, 3.8) is 0 Å². The van der Waals surface area contributed by atoms with Gasteiger partial charge in [-0.15, -0.1) is 0 Å². The lowest BCUT2D eigenvalue weighted by Gasteiger charge is -2.35. The summed E-state index contributed by atoms with van der Waals surface area (Å²) in [6, 6.07) is 6.13. The van der Waals surface area contributed by atoms with E-state index in [0.717, 1.165) is 16.4 Å². The van der Waals surface area contributed by atoms with Crippen LogP contribution < -0.4 is 11.1 Å². The first-order valence-corrected chi connectivity index (χ1v) is 6.66. The molecule has 0 atom stereocenters. The summed E-state index contributed by atoms with van der Waals surface area (Å²) >= 11 is 5.98. The molecule has 0 saturated heterocycles. The summed E-state index contributed by atoms with van der Waals surface area (Å²) in [6.45, 7) is 4.69. The van der Waals surface area contributed by atoms with Crippen molar-refractivity contribution in [3.8, 4) is 0 Å². The Morgan fingerprint density at radius 2 is 1.94 bits per heavy atom. The third kappa shape index (κ3) is 3.29. The Morgan fingerprint density at radius 3 is 2.59 bits per heavy atom. The van der Waals surface area contributed by atoms with Crippen LogP contribution in [0.15, 0.2) is 18.2 Å². The molecule has 94 valence electrons. The molecule has 1 aromatic carbocycles. The molecule has 3 N–H and O–H groups in total. The minimum atomic E-state index is 0.498. The Morgan fingerprint density at radius 1 is 1.29 bits per heavy atom. The van der Waals surface area contributed by atoms with Gasteiger partial charge < -0.3 is 11.1 Å². The summed E-state index contributed by atoms with van der Waals surface area (Å²) in [5.41, 5.74) is 8.19. The Bertz CT molecular complexity index is 391. The number of nitrogens with one attached hydrogen (secondary N) is 1. The van der Waals surface area contributed by atoms with E-state index in [1.54, 1.807) is 0 Å².